The molecule has 1 unspecified atom stereocenters. The average Bonchev–Trinajstić information content (AvgIpc) is 3.35. The largest absolute Gasteiger partial charge is 0.458 e. The van der Waals surface area contributed by atoms with Gasteiger partial charge in [-0.25, -0.2) is 9.97 Å². The predicted octanol–water partition coefficient (Wildman–Crippen LogP) is 3.64. The van der Waals surface area contributed by atoms with Crippen molar-refractivity contribution >= 4 is 33.2 Å². The summed E-state index contributed by atoms with van der Waals surface area (Å²) in [5.74, 6) is 0.456. The number of piperidine rings is 1. The Morgan fingerprint density at radius 1 is 1.38 bits per heavy atom. The molecule has 3 aromatic heterocycles. The molecular formula is C17H15BrN4O3S. The first-order chi connectivity index (χ1) is 12.7. The molecule has 1 saturated heterocycles. The molecule has 0 spiro atoms. The molecular weight excluding hydrogens is 420 g/mol. The second-order valence-electron chi connectivity index (χ2n) is 5.87. The number of hydrogen-bond donors (Lipinski definition) is 0. The molecule has 134 valence electrons. The fourth-order valence-electron chi connectivity index (χ4n) is 2.80. The van der Waals surface area contributed by atoms with Crippen molar-refractivity contribution in [3.8, 4) is 16.6 Å². The molecule has 7 nitrogen and oxygen atoms in total. The lowest BCUT2D eigenvalue weighted by Gasteiger charge is -2.31. The molecule has 3 aromatic rings. The highest BCUT2D eigenvalue weighted by atomic mass is 79.9. The maximum Gasteiger partial charge on any atom is 0.316 e. The molecule has 0 bridgehead atoms. The van der Waals surface area contributed by atoms with E-state index < -0.39 is 0 Å². The van der Waals surface area contributed by atoms with Crippen molar-refractivity contribution in [2.24, 2.45) is 0 Å². The smallest absolute Gasteiger partial charge is 0.316 e. The number of thiophene rings is 1. The van der Waals surface area contributed by atoms with Crippen LogP contribution in [0.4, 0.5) is 0 Å². The second kappa shape index (κ2) is 7.55. The predicted molar refractivity (Wildman–Crippen MR) is 99.1 cm³/mol. The zero-order valence-corrected chi connectivity index (χ0v) is 16.1. The van der Waals surface area contributed by atoms with Gasteiger partial charge in [0.15, 0.2) is 11.5 Å². The van der Waals surface area contributed by atoms with Crippen LogP contribution in [0.25, 0.3) is 10.6 Å². The van der Waals surface area contributed by atoms with Crippen molar-refractivity contribution in [2.45, 2.75) is 18.9 Å². The van der Waals surface area contributed by atoms with E-state index in [9.17, 15) is 4.79 Å². The van der Waals surface area contributed by atoms with Crippen molar-refractivity contribution in [1.29, 1.82) is 0 Å². The third-order valence-corrected chi connectivity index (χ3v) is 5.32. The number of carbonyl (C=O) groups is 1. The van der Waals surface area contributed by atoms with Gasteiger partial charge in [0.25, 0.3) is 5.91 Å². The second-order valence-corrected chi connectivity index (χ2v) is 7.73. The van der Waals surface area contributed by atoms with E-state index in [4.69, 9.17) is 9.26 Å². The monoisotopic (exact) mass is 434 g/mol. The van der Waals surface area contributed by atoms with Gasteiger partial charge in [0.05, 0.1) is 15.9 Å². The Morgan fingerprint density at radius 3 is 3.00 bits per heavy atom. The average molecular weight is 435 g/mol. The molecule has 9 heteroatoms. The van der Waals surface area contributed by atoms with Gasteiger partial charge in [-0.3, -0.25) is 4.79 Å². The van der Waals surface area contributed by atoms with E-state index in [1.165, 1.54) is 0 Å². The van der Waals surface area contributed by atoms with Gasteiger partial charge < -0.3 is 14.2 Å². The zero-order valence-electron chi connectivity index (χ0n) is 13.7. The van der Waals surface area contributed by atoms with E-state index in [0.29, 0.717) is 30.6 Å². The molecule has 4 rings (SSSR count). The number of likely N-dealkylation sites (tertiary alicyclic amines) is 1. The van der Waals surface area contributed by atoms with Crippen molar-refractivity contribution in [3.63, 3.8) is 0 Å². The summed E-state index contributed by atoms with van der Waals surface area (Å²) < 4.78 is 11.9. The Balaban J connectivity index is 1.42. The standard InChI is InChI=1S/C17H15BrN4O3S/c18-11-8-19-17(20-9-11)24-12-3-1-5-22(10-12)16(23)13-7-14(25-21-13)15-4-2-6-26-15/h2,4,6-9,12H,1,3,5,10H2. The fraction of sp³-hybridized carbons (Fsp3) is 0.294. The van der Waals surface area contributed by atoms with Crippen molar-refractivity contribution < 1.29 is 14.1 Å². The summed E-state index contributed by atoms with van der Waals surface area (Å²) in [5.41, 5.74) is 0.314. The van der Waals surface area contributed by atoms with Gasteiger partial charge in [-0.05, 0) is 40.2 Å². The lowest BCUT2D eigenvalue weighted by atomic mass is 10.1. The van der Waals surface area contributed by atoms with Crippen LogP contribution in [0.3, 0.4) is 0 Å². The Morgan fingerprint density at radius 2 is 2.23 bits per heavy atom. The van der Waals surface area contributed by atoms with Gasteiger partial charge in [-0.1, -0.05) is 11.2 Å². The molecule has 0 aromatic carbocycles. The molecule has 1 aliphatic heterocycles. The highest BCUT2D eigenvalue weighted by Crippen LogP contribution is 2.26. The minimum atomic E-state index is -0.151. The fourth-order valence-corrected chi connectivity index (χ4v) is 3.68. The van der Waals surface area contributed by atoms with E-state index in [1.54, 1.807) is 34.7 Å². The van der Waals surface area contributed by atoms with E-state index in [0.717, 1.165) is 22.2 Å². The number of rotatable bonds is 4. The third-order valence-electron chi connectivity index (χ3n) is 4.03. The van der Waals surface area contributed by atoms with Gasteiger partial charge >= 0.3 is 6.01 Å². The quantitative estimate of drug-likeness (QED) is 0.623. The molecule has 0 radical (unpaired) electrons. The summed E-state index contributed by atoms with van der Waals surface area (Å²) in [6.07, 6.45) is 4.83. The van der Waals surface area contributed by atoms with Crippen LogP contribution in [0.15, 0.2) is 45.0 Å². The normalized spacial score (nSPS) is 17.3. The number of carbonyl (C=O) groups excluding carboxylic acids is 1. The minimum absolute atomic E-state index is 0.141. The Kier molecular flexibility index (Phi) is 4.98. The number of ether oxygens (including phenoxy) is 1. The number of hydrogen-bond acceptors (Lipinski definition) is 7. The molecule has 1 aliphatic rings. The first-order valence-electron chi connectivity index (χ1n) is 8.13. The number of aromatic nitrogens is 3. The maximum absolute atomic E-state index is 12.7. The Hall–Kier alpha value is -2.26. The Bertz CT molecular complexity index is 882. The van der Waals surface area contributed by atoms with Crippen LogP contribution < -0.4 is 4.74 Å². The lowest BCUT2D eigenvalue weighted by Crippen LogP contribution is -2.44. The molecule has 0 N–H and O–H groups in total. The van der Waals surface area contributed by atoms with Crippen molar-refractivity contribution in [3.05, 3.63) is 46.1 Å². The van der Waals surface area contributed by atoms with Gasteiger partial charge in [0.1, 0.15) is 6.10 Å². The van der Waals surface area contributed by atoms with Crippen LogP contribution in [0.5, 0.6) is 6.01 Å². The van der Waals surface area contributed by atoms with Crippen molar-refractivity contribution in [2.75, 3.05) is 13.1 Å². The maximum atomic E-state index is 12.7. The van der Waals surface area contributed by atoms with Gasteiger partial charge in [0.2, 0.25) is 0 Å². The summed E-state index contributed by atoms with van der Waals surface area (Å²) in [5, 5.41) is 5.89. The molecule has 0 saturated carbocycles. The Labute approximate surface area is 162 Å². The highest BCUT2D eigenvalue weighted by molar-refractivity contribution is 9.10. The van der Waals surface area contributed by atoms with Crippen LogP contribution >= 0.6 is 27.3 Å². The summed E-state index contributed by atoms with van der Waals surface area (Å²) >= 11 is 4.84. The summed E-state index contributed by atoms with van der Waals surface area (Å²) in [6, 6.07) is 5.87. The molecule has 0 aliphatic carbocycles. The van der Waals surface area contributed by atoms with E-state index in [1.807, 2.05) is 17.5 Å². The molecule has 1 fully saturated rings. The van der Waals surface area contributed by atoms with E-state index in [2.05, 4.69) is 31.1 Å². The van der Waals surface area contributed by atoms with Crippen LogP contribution in [-0.2, 0) is 0 Å². The first kappa shape index (κ1) is 17.2. The number of nitrogens with zero attached hydrogens (tertiary/aromatic N) is 4. The highest BCUT2D eigenvalue weighted by Gasteiger charge is 2.28. The van der Waals surface area contributed by atoms with Crippen molar-refractivity contribution in [1.82, 2.24) is 20.0 Å². The van der Waals surface area contributed by atoms with Gasteiger partial charge in [0, 0.05) is 25.0 Å². The van der Waals surface area contributed by atoms with Gasteiger partial charge in [-0.15, -0.1) is 11.3 Å². The molecule has 4 heterocycles. The van der Waals surface area contributed by atoms with Crippen LogP contribution in [0, 0.1) is 0 Å². The minimum Gasteiger partial charge on any atom is -0.458 e. The first-order valence-corrected chi connectivity index (χ1v) is 9.80. The topological polar surface area (TPSA) is 81.4 Å². The van der Waals surface area contributed by atoms with Gasteiger partial charge in [-0.2, -0.15) is 0 Å². The number of halogens is 1. The van der Waals surface area contributed by atoms with Crippen LogP contribution in [-0.4, -0.2) is 45.1 Å². The molecule has 26 heavy (non-hydrogen) atoms. The van der Waals surface area contributed by atoms with Crippen LogP contribution in [0.1, 0.15) is 23.3 Å². The number of amides is 1. The molecule has 1 amide bonds. The van der Waals surface area contributed by atoms with Crippen LogP contribution in [0.2, 0.25) is 0 Å². The van der Waals surface area contributed by atoms with E-state index in [-0.39, 0.29) is 12.0 Å². The zero-order chi connectivity index (χ0) is 17.9. The van der Waals surface area contributed by atoms with E-state index >= 15 is 0 Å². The lowest BCUT2D eigenvalue weighted by molar-refractivity contribution is 0.0507. The SMILES string of the molecule is O=C(c1cc(-c2cccs2)on1)N1CCCC(Oc2ncc(Br)cn2)C1. The summed E-state index contributed by atoms with van der Waals surface area (Å²) in [6.45, 7) is 1.14. The molecule has 1 atom stereocenters. The summed E-state index contributed by atoms with van der Waals surface area (Å²) in [7, 11) is 0. The summed E-state index contributed by atoms with van der Waals surface area (Å²) in [4.78, 5) is 23.7. The third kappa shape index (κ3) is 3.78.